The first-order chi connectivity index (χ1) is 8.88. The van der Waals surface area contributed by atoms with Crippen molar-refractivity contribution in [1.82, 2.24) is 10.2 Å². The van der Waals surface area contributed by atoms with Gasteiger partial charge in [0.2, 0.25) is 0 Å². The molecule has 1 heterocycles. The summed E-state index contributed by atoms with van der Waals surface area (Å²) in [5, 5.41) is 3.86. The van der Waals surface area contributed by atoms with E-state index < -0.39 is 0 Å². The maximum Gasteiger partial charge on any atom is 0.0195 e. The molecule has 0 bridgehead atoms. The quantitative estimate of drug-likeness (QED) is 0.779. The number of hydrogen-bond acceptors (Lipinski definition) is 2. The molecule has 1 atom stereocenters. The molecule has 2 aliphatic rings. The molecule has 0 radical (unpaired) electrons. The Labute approximate surface area is 114 Å². The first-order valence-corrected chi connectivity index (χ1v) is 8.34. The molecule has 2 heteroatoms. The molecule has 0 aromatic carbocycles. The van der Waals surface area contributed by atoms with Crippen molar-refractivity contribution in [3.05, 3.63) is 0 Å². The van der Waals surface area contributed by atoms with E-state index in [0.29, 0.717) is 0 Å². The molecule has 0 aromatic rings. The molecule has 1 saturated heterocycles. The van der Waals surface area contributed by atoms with E-state index in [0.717, 1.165) is 12.0 Å². The van der Waals surface area contributed by atoms with Crippen molar-refractivity contribution in [3.63, 3.8) is 0 Å². The first kappa shape index (κ1) is 14.3. The van der Waals surface area contributed by atoms with E-state index in [1.165, 1.54) is 84.0 Å². The van der Waals surface area contributed by atoms with Crippen molar-refractivity contribution in [2.75, 3.05) is 26.2 Å². The summed E-state index contributed by atoms with van der Waals surface area (Å²) in [6.45, 7) is 7.53. The van der Waals surface area contributed by atoms with Gasteiger partial charge in [0.25, 0.3) is 0 Å². The monoisotopic (exact) mass is 252 g/mol. The van der Waals surface area contributed by atoms with Crippen molar-refractivity contribution in [1.29, 1.82) is 0 Å². The molecule has 0 spiro atoms. The summed E-state index contributed by atoms with van der Waals surface area (Å²) in [6.07, 6.45) is 12.9. The van der Waals surface area contributed by atoms with E-state index in [9.17, 15) is 0 Å². The Hall–Kier alpha value is -0.0800. The summed E-state index contributed by atoms with van der Waals surface area (Å²) in [5.74, 6) is 0.977. The molecule has 2 rings (SSSR count). The summed E-state index contributed by atoms with van der Waals surface area (Å²) in [6, 6.07) is 0.775. The van der Waals surface area contributed by atoms with Crippen LogP contribution in [0.4, 0.5) is 0 Å². The smallest absolute Gasteiger partial charge is 0.0195 e. The van der Waals surface area contributed by atoms with Crippen LogP contribution in [-0.4, -0.2) is 37.1 Å². The highest BCUT2D eigenvalue weighted by molar-refractivity contribution is 4.79. The minimum Gasteiger partial charge on any atom is -0.312 e. The minimum atomic E-state index is 0.775. The van der Waals surface area contributed by atoms with Crippen LogP contribution >= 0.6 is 0 Å². The molecule has 0 amide bonds. The fraction of sp³-hybridized carbons (Fsp3) is 1.00. The molecule has 2 fully saturated rings. The molecule has 1 saturated carbocycles. The van der Waals surface area contributed by atoms with E-state index >= 15 is 0 Å². The number of hydrogen-bond donors (Lipinski definition) is 1. The van der Waals surface area contributed by atoms with Gasteiger partial charge in [-0.3, -0.25) is 0 Å². The van der Waals surface area contributed by atoms with Crippen LogP contribution in [-0.2, 0) is 0 Å². The number of likely N-dealkylation sites (tertiary alicyclic amines) is 1. The molecular weight excluding hydrogens is 220 g/mol. The standard InChI is InChI=1S/C16H32N2/c1-2-3-11-18-12-7-10-16(14-18)17-13-15-8-5-4-6-9-15/h15-17H,2-14H2,1H3. The zero-order valence-corrected chi connectivity index (χ0v) is 12.3. The van der Waals surface area contributed by atoms with Crippen LogP contribution in [0.3, 0.4) is 0 Å². The Morgan fingerprint density at radius 2 is 1.89 bits per heavy atom. The molecule has 1 unspecified atom stereocenters. The predicted molar refractivity (Wildman–Crippen MR) is 78.9 cm³/mol. The van der Waals surface area contributed by atoms with Crippen LogP contribution in [0.5, 0.6) is 0 Å². The van der Waals surface area contributed by atoms with Gasteiger partial charge in [-0.15, -0.1) is 0 Å². The van der Waals surface area contributed by atoms with Gasteiger partial charge < -0.3 is 10.2 Å². The Bertz CT molecular complexity index is 211. The van der Waals surface area contributed by atoms with Crippen molar-refractivity contribution in [3.8, 4) is 0 Å². The van der Waals surface area contributed by atoms with E-state index in [2.05, 4.69) is 17.1 Å². The molecule has 18 heavy (non-hydrogen) atoms. The van der Waals surface area contributed by atoms with Gasteiger partial charge in [0, 0.05) is 12.6 Å². The highest BCUT2D eigenvalue weighted by Gasteiger charge is 2.20. The van der Waals surface area contributed by atoms with Gasteiger partial charge in [0.05, 0.1) is 0 Å². The van der Waals surface area contributed by atoms with Gasteiger partial charge in [-0.1, -0.05) is 32.6 Å². The number of nitrogens with one attached hydrogen (secondary N) is 1. The van der Waals surface area contributed by atoms with Crippen LogP contribution in [0, 0.1) is 5.92 Å². The maximum absolute atomic E-state index is 3.86. The second-order valence-electron chi connectivity index (χ2n) is 6.41. The fourth-order valence-electron chi connectivity index (χ4n) is 3.53. The molecule has 1 aliphatic heterocycles. The largest absolute Gasteiger partial charge is 0.312 e. The van der Waals surface area contributed by atoms with Gasteiger partial charge in [-0.05, 0) is 57.7 Å². The van der Waals surface area contributed by atoms with Crippen LogP contribution in [0.15, 0.2) is 0 Å². The summed E-state index contributed by atoms with van der Waals surface area (Å²) < 4.78 is 0. The maximum atomic E-state index is 3.86. The lowest BCUT2D eigenvalue weighted by molar-refractivity contribution is 0.181. The number of nitrogens with zero attached hydrogens (tertiary/aromatic N) is 1. The first-order valence-electron chi connectivity index (χ1n) is 8.34. The Kier molecular flexibility index (Phi) is 6.50. The Morgan fingerprint density at radius 1 is 1.06 bits per heavy atom. The van der Waals surface area contributed by atoms with Gasteiger partial charge in [-0.25, -0.2) is 0 Å². The molecular formula is C16H32N2. The van der Waals surface area contributed by atoms with E-state index in [4.69, 9.17) is 0 Å². The van der Waals surface area contributed by atoms with Crippen LogP contribution in [0.1, 0.15) is 64.7 Å². The summed E-state index contributed by atoms with van der Waals surface area (Å²) in [5.41, 5.74) is 0. The van der Waals surface area contributed by atoms with E-state index in [1.807, 2.05) is 0 Å². The topological polar surface area (TPSA) is 15.3 Å². The lowest BCUT2D eigenvalue weighted by Gasteiger charge is -2.34. The lowest BCUT2D eigenvalue weighted by atomic mass is 9.89. The molecule has 2 nitrogen and oxygen atoms in total. The van der Waals surface area contributed by atoms with Gasteiger partial charge in [0.15, 0.2) is 0 Å². The van der Waals surface area contributed by atoms with Crippen molar-refractivity contribution >= 4 is 0 Å². The SMILES string of the molecule is CCCCN1CCCC(NCC2CCCCC2)C1. The zero-order chi connectivity index (χ0) is 12.6. The van der Waals surface area contributed by atoms with Crippen LogP contribution in [0.2, 0.25) is 0 Å². The van der Waals surface area contributed by atoms with Crippen molar-refractivity contribution in [2.24, 2.45) is 5.92 Å². The van der Waals surface area contributed by atoms with Gasteiger partial charge in [0.1, 0.15) is 0 Å². The van der Waals surface area contributed by atoms with E-state index in [-0.39, 0.29) is 0 Å². The molecule has 1 N–H and O–H groups in total. The third-order valence-electron chi connectivity index (χ3n) is 4.75. The van der Waals surface area contributed by atoms with Gasteiger partial charge >= 0.3 is 0 Å². The second-order valence-corrected chi connectivity index (χ2v) is 6.41. The van der Waals surface area contributed by atoms with Crippen molar-refractivity contribution in [2.45, 2.75) is 70.8 Å². The normalized spacial score (nSPS) is 27.5. The summed E-state index contributed by atoms with van der Waals surface area (Å²) in [4.78, 5) is 2.67. The average Bonchev–Trinajstić information content (AvgIpc) is 2.44. The average molecular weight is 252 g/mol. The number of rotatable bonds is 6. The highest BCUT2D eigenvalue weighted by Crippen LogP contribution is 2.23. The van der Waals surface area contributed by atoms with Crippen LogP contribution < -0.4 is 5.32 Å². The molecule has 0 aromatic heterocycles. The predicted octanol–water partition coefficient (Wildman–Crippen LogP) is 3.42. The minimum absolute atomic E-state index is 0.775. The highest BCUT2D eigenvalue weighted by atomic mass is 15.2. The van der Waals surface area contributed by atoms with Crippen molar-refractivity contribution < 1.29 is 0 Å². The molecule has 106 valence electrons. The lowest BCUT2D eigenvalue weighted by Crippen LogP contribution is -2.47. The third kappa shape index (κ3) is 4.89. The Balaban J connectivity index is 1.62. The third-order valence-corrected chi connectivity index (χ3v) is 4.75. The fourth-order valence-corrected chi connectivity index (χ4v) is 3.53. The number of piperidine rings is 1. The zero-order valence-electron chi connectivity index (χ0n) is 12.3. The van der Waals surface area contributed by atoms with Crippen LogP contribution in [0.25, 0.3) is 0 Å². The summed E-state index contributed by atoms with van der Waals surface area (Å²) in [7, 11) is 0. The molecule has 1 aliphatic carbocycles. The Morgan fingerprint density at radius 3 is 2.67 bits per heavy atom. The second kappa shape index (κ2) is 8.16. The summed E-state index contributed by atoms with van der Waals surface area (Å²) >= 11 is 0. The van der Waals surface area contributed by atoms with E-state index in [1.54, 1.807) is 0 Å². The van der Waals surface area contributed by atoms with Gasteiger partial charge in [-0.2, -0.15) is 0 Å². The number of unbranched alkanes of at least 4 members (excludes halogenated alkanes) is 1.